The van der Waals surface area contributed by atoms with Crippen molar-refractivity contribution in [2.75, 3.05) is 18.6 Å². The van der Waals surface area contributed by atoms with Gasteiger partial charge < -0.3 is 5.32 Å². The minimum absolute atomic E-state index is 0.608. The predicted octanol–water partition coefficient (Wildman–Crippen LogP) is 2.61. The van der Waals surface area contributed by atoms with E-state index in [0.29, 0.717) is 12.0 Å². The fraction of sp³-hybridized carbons (Fsp3) is 0.769. The number of nitrogens with one attached hydrogen (secondary N) is 1. The van der Waals surface area contributed by atoms with Crippen molar-refractivity contribution in [2.24, 2.45) is 5.92 Å². The summed E-state index contributed by atoms with van der Waals surface area (Å²) in [6, 6.07) is 0.608. The Morgan fingerprint density at radius 2 is 2.22 bits per heavy atom. The molecule has 1 aliphatic heterocycles. The molecule has 0 bridgehead atoms. The van der Waals surface area contributed by atoms with E-state index in [2.05, 4.69) is 36.0 Å². The van der Waals surface area contributed by atoms with Crippen LogP contribution < -0.4 is 5.32 Å². The minimum Gasteiger partial charge on any atom is -0.316 e. The maximum Gasteiger partial charge on any atom is 0.0849 e. The Kier molecular flexibility index (Phi) is 4.98. The van der Waals surface area contributed by atoms with E-state index in [-0.39, 0.29) is 0 Å². The zero-order valence-corrected chi connectivity index (χ0v) is 12.9. The van der Waals surface area contributed by atoms with E-state index < -0.39 is 0 Å². The van der Waals surface area contributed by atoms with E-state index >= 15 is 0 Å². The second-order valence-electron chi connectivity index (χ2n) is 4.77. The van der Waals surface area contributed by atoms with Crippen LogP contribution in [0.5, 0.6) is 0 Å². The Morgan fingerprint density at radius 1 is 1.44 bits per heavy atom. The number of rotatable bonds is 5. The van der Waals surface area contributed by atoms with Gasteiger partial charge >= 0.3 is 0 Å². The highest BCUT2D eigenvalue weighted by Crippen LogP contribution is 2.31. The molecule has 0 aromatic carbocycles. The molecular weight excluding hydrogens is 266 g/mol. The molecule has 2 heterocycles. The molecule has 1 aromatic heterocycles. The first kappa shape index (κ1) is 14.2. The second-order valence-corrected chi connectivity index (χ2v) is 6.23. The molecule has 2 rings (SSSR count). The topological polar surface area (TPSA) is 29.9 Å². The first-order valence-corrected chi connectivity index (χ1v) is 8.23. The molecule has 1 aromatic rings. The molecule has 2 unspecified atom stereocenters. The van der Waals surface area contributed by atoms with Gasteiger partial charge in [0.2, 0.25) is 0 Å². The lowest BCUT2D eigenvalue weighted by molar-refractivity contribution is 0.438. The molecule has 0 aliphatic carbocycles. The SMILES string of the molecule is CCc1nn(CC)c(CC2CSCC2NC)c1Cl. The molecule has 3 nitrogen and oxygen atoms in total. The predicted molar refractivity (Wildman–Crippen MR) is 79.7 cm³/mol. The normalized spacial score (nSPS) is 23.8. The molecule has 1 fully saturated rings. The zero-order chi connectivity index (χ0) is 13.1. The van der Waals surface area contributed by atoms with Crippen molar-refractivity contribution < 1.29 is 0 Å². The van der Waals surface area contributed by atoms with Crippen LogP contribution in [0.2, 0.25) is 5.02 Å². The third-order valence-electron chi connectivity index (χ3n) is 3.72. The van der Waals surface area contributed by atoms with Crippen LogP contribution >= 0.6 is 23.4 Å². The molecule has 0 radical (unpaired) electrons. The Hall–Kier alpha value is -0.190. The van der Waals surface area contributed by atoms with Crippen molar-refractivity contribution in [1.82, 2.24) is 15.1 Å². The summed E-state index contributed by atoms with van der Waals surface area (Å²) < 4.78 is 2.08. The van der Waals surface area contributed by atoms with Gasteiger partial charge in [0, 0.05) is 18.3 Å². The molecule has 102 valence electrons. The highest BCUT2D eigenvalue weighted by Gasteiger charge is 2.29. The van der Waals surface area contributed by atoms with Crippen LogP contribution in [0.25, 0.3) is 0 Å². The standard InChI is InChI=1S/C13H22ClN3S/c1-4-10-13(14)12(17(5-2)16-10)6-9-7-18-8-11(9)15-3/h9,11,15H,4-8H2,1-3H3. The lowest BCUT2D eigenvalue weighted by Crippen LogP contribution is -2.33. The van der Waals surface area contributed by atoms with Gasteiger partial charge in [0.05, 0.1) is 16.4 Å². The van der Waals surface area contributed by atoms with Gasteiger partial charge in [-0.05, 0) is 38.5 Å². The molecule has 1 N–H and O–H groups in total. The largest absolute Gasteiger partial charge is 0.316 e. The number of aromatic nitrogens is 2. The van der Waals surface area contributed by atoms with Crippen molar-refractivity contribution in [1.29, 1.82) is 0 Å². The van der Waals surface area contributed by atoms with Gasteiger partial charge in [-0.1, -0.05) is 18.5 Å². The van der Waals surface area contributed by atoms with Crippen molar-refractivity contribution in [3.63, 3.8) is 0 Å². The van der Waals surface area contributed by atoms with Gasteiger partial charge in [0.1, 0.15) is 0 Å². The maximum absolute atomic E-state index is 6.47. The molecule has 0 saturated carbocycles. The van der Waals surface area contributed by atoms with E-state index in [0.717, 1.165) is 30.1 Å². The Bertz CT molecular complexity index is 405. The van der Waals surface area contributed by atoms with Crippen molar-refractivity contribution in [2.45, 2.75) is 39.3 Å². The molecule has 1 saturated heterocycles. The maximum atomic E-state index is 6.47. The number of hydrogen-bond acceptors (Lipinski definition) is 3. The molecule has 5 heteroatoms. The molecule has 1 aliphatic rings. The van der Waals surface area contributed by atoms with Crippen LogP contribution in [-0.4, -0.2) is 34.4 Å². The van der Waals surface area contributed by atoms with Crippen molar-refractivity contribution >= 4 is 23.4 Å². The Morgan fingerprint density at radius 3 is 2.83 bits per heavy atom. The monoisotopic (exact) mass is 287 g/mol. The first-order chi connectivity index (χ1) is 8.71. The van der Waals surface area contributed by atoms with E-state index in [4.69, 9.17) is 11.6 Å². The van der Waals surface area contributed by atoms with Crippen LogP contribution in [0, 0.1) is 5.92 Å². The average molecular weight is 288 g/mol. The van der Waals surface area contributed by atoms with Crippen LogP contribution in [0.3, 0.4) is 0 Å². The lowest BCUT2D eigenvalue weighted by atomic mass is 9.97. The van der Waals surface area contributed by atoms with E-state index in [9.17, 15) is 0 Å². The third-order valence-corrected chi connectivity index (χ3v) is 5.41. The highest BCUT2D eigenvalue weighted by atomic mass is 35.5. The summed E-state index contributed by atoms with van der Waals surface area (Å²) in [5.41, 5.74) is 2.27. The van der Waals surface area contributed by atoms with Crippen LogP contribution in [-0.2, 0) is 19.4 Å². The summed E-state index contributed by atoms with van der Waals surface area (Å²) >= 11 is 8.50. The molecule has 0 amide bonds. The Labute approximate surface area is 119 Å². The van der Waals surface area contributed by atoms with E-state index in [1.54, 1.807) is 0 Å². The van der Waals surface area contributed by atoms with Crippen LogP contribution in [0.1, 0.15) is 25.2 Å². The summed E-state index contributed by atoms with van der Waals surface area (Å²) in [6.45, 7) is 5.14. The van der Waals surface area contributed by atoms with Gasteiger partial charge in [0.15, 0.2) is 0 Å². The number of hydrogen-bond donors (Lipinski definition) is 1. The summed E-state index contributed by atoms with van der Waals surface area (Å²) in [5, 5.41) is 8.91. The number of aryl methyl sites for hydroxylation is 2. The number of nitrogens with zero attached hydrogens (tertiary/aromatic N) is 2. The van der Waals surface area contributed by atoms with Gasteiger partial charge in [-0.25, -0.2) is 0 Å². The van der Waals surface area contributed by atoms with E-state index in [1.807, 2.05) is 11.8 Å². The van der Waals surface area contributed by atoms with Gasteiger partial charge in [0.25, 0.3) is 0 Å². The van der Waals surface area contributed by atoms with Gasteiger partial charge in [-0.3, -0.25) is 4.68 Å². The summed E-state index contributed by atoms with van der Waals surface area (Å²) in [4.78, 5) is 0. The molecular formula is C13H22ClN3S. The second kappa shape index (κ2) is 6.31. The Balaban J connectivity index is 2.19. The summed E-state index contributed by atoms with van der Waals surface area (Å²) in [7, 11) is 2.06. The van der Waals surface area contributed by atoms with Crippen LogP contribution in [0.15, 0.2) is 0 Å². The number of halogens is 1. The molecule has 2 atom stereocenters. The fourth-order valence-corrected chi connectivity index (χ4v) is 4.41. The summed E-state index contributed by atoms with van der Waals surface area (Å²) in [5.74, 6) is 3.10. The van der Waals surface area contributed by atoms with Crippen molar-refractivity contribution in [3.8, 4) is 0 Å². The smallest absolute Gasteiger partial charge is 0.0849 e. The van der Waals surface area contributed by atoms with Gasteiger partial charge in [-0.2, -0.15) is 16.9 Å². The minimum atomic E-state index is 0.608. The molecule has 18 heavy (non-hydrogen) atoms. The van der Waals surface area contributed by atoms with Crippen molar-refractivity contribution in [3.05, 3.63) is 16.4 Å². The quantitative estimate of drug-likeness (QED) is 0.903. The van der Waals surface area contributed by atoms with E-state index in [1.165, 1.54) is 17.2 Å². The average Bonchev–Trinajstić information content (AvgIpc) is 2.95. The summed E-state index contributed by atoms with van der Waals surface area (Å²) in [6.07, 6.45) is 1.95. The molecule has 0 spiro atoms. The highest BCUT2D eigenvalue weighted by molar-refractivity contribution is 7.99. The third kappa shape index (κ3) is 2.70. The first-order valence-electron chi connectivity index (χ1n) is 6.70. The van der Waals surface area contributed by atoms with Gasteiger partial charge in [-0.15, -0.1) is 0 Å². The number of thioether (sulfide) groups is 1. The van der Waals surface area contributed by atoms with Crippen LogP contribution in [0.4, 0.5) is 0 Å². The lowest BCUT2D eigenvalue weighted by Gasteiger charge is -2.18. The fourth-order valence-electron chi connectivity index (χ4n) is 2.58. The zero-order valence-electron chi connectivity index (χ0n) is 11.4.